The highest BCUT2D eigenvalue weighted by molar-refractivity contribution is 5.76. The van der Waals surface area contributed by atoms with Gasteiger partial charge in [0.15, 0.2) is 0 Å². The molecule has 0 aromatic carbocycles. The Morgan fingerprint density at radius 1 is 1.19 bits per heavy atom. The van der Waals surface area contributed by atoms with E-state index in [0.717, 1.165) is 45.2 Å². The Kier molecular flexibility index (Phi) is 6.03. The molecular weight excluding hydrogens is 266 g/mol. The number of hydrogen-bond acceptors (Lipinski definition) is 3. The summed E-state index contributed by atoms with van der Waals surface area (Å²) in [6.45, 7) is 3.09. The van der Waals surface area contributed by atoms with E-state index in [9.17, 15) is 9.59 Å². The summed E-state index contributed by atoms with van der Waals surface area (Å²) in [5, 5.41) is 2.94. The van der Waals surface area contributed by atoms with Gasteiger partial charge in [0.05, 0.1) is 0 Å². The lowest BCUT2D eigenvalue weighted by atomic mass is 9.83. The van der Waals surface area contributed by atoms with E-state index in [4.69, 9.17) is 5.73 Å². The second-order valence-electron chi connectivity index (χ2n) is 6.69. The van der Waals surface area contributed by atoms with Gasteiger partial charge in [0.25, 0.3) is 0 Å². The van der Waals surface area contributed by atoms with Crippen LogP contribution in [-0.2, 0) is 9.59 Å². The van der Waals surface area contributed by atoms with Crippen LogP contribution in [0, 0.1) is 5.92 Å². The molecule has 1 saturated carbocycles. The molecule has 0 spiro atoms. The zero-order chi connectivity index (χ0) is 15.2. The molecule has 5 heteroatoms. The molecule has 1 saturated heterocycles. The number of carbonyl (C=O) groups is 2. The Bertz CT molecular complexity index is 365. The van der Waals surface area contributed by atoms with E-state index in [2.05, 4.69) is 5.32 Å². The van der Waals surface area contributed by atoms with E-state index in [1.165, 1.54) is 12.8 Å². The average Bonchev–Trinajstić information content (AvgIpc) is 2.45. The molecule has 2 fully saturated rings. The maximum absolute atomic E-state index is 12.3. The molecule has 2 aliphatic rings. The molecule has 0 bridgehead atoms. The van der Waals surface area contributed by atoms with Crippen molar-refractivity contribution in [1.29, 1.82) is 0 Å². The molecule has 1 heterocycles. The Morgan fingerprint density at radius 3 is 2.52 bits per heavy atom. The molecule has 2 unspecified atom stereocenters. The van der Waals surface area contributed by atoms with E-state index >= 15 is 0 Å². The van der Waals surface area contributed by atoms with Crippen molar-refractivity contribution in [3.05, 3.63) is 0 Å². The third kappa shape index (κ3) is 5.30. The number of piperidine rings is 1. The van der Waals surface area contributed by atoms with Crippen LogP contribution in [-0.4, -0.2) is 41.9 Å². The van der Waals surface area contributed by atoms with Crippen LogP contribution in [0.5, 0.6) is 0 Å². The fourth-order valence-corrected chi connectivity index (χ4v) is 3.64. The van der Waals surface area contributed by atoms with Crippen molar-refractivity contribution in [2.45, 2.75) is 70.4 Å². The quantitative estimate of drug-likeness (QED) is 0.823. The van der Waals surface area contributed by atoms with Gasteiger partial charge in [0.2, 0.25) is 11.8 Å². The summed E-state index contributed by atoms with van der Waals surface area (Å²) in [6, 6.07) is 0.579. The number of rotatable bonds is 4. The van der Waals surface area contributed by atoms with Crippen LogP contribution < -0.4 is 11.1 Å². The molecule has 3 N–H and O–H groups in total. The normalized spacial score (nSPS) is 27.4. The SMILES string of the molecule is CC(=O)NC1CCN(C(=O)CCC2CCCC(N)C2)CC1. The topological polar surface area (TPSA) is 75.4 Å². The number of nitrogens with two attached hydrogens (primary N) is 1. The fourth-order valence-electron chi connectivity index (χ4n) is 3.64. The van der Waals surface area contributed by atoms with Gasteiger partial charge in [-0.25, -0.2) is 0 Å². The second-order valence-corrected chi connectivity index (χ2v) is 6.69. The van der Waals surface area contributed by atoms with E-state index in [-0.39, 0.29) is 17.9 Å². The van der Waals surface area contributed by atoms with Crippen molar-refractivity contribution in [3.63, 3.8) is 0 Å². The van der Waals surface area contributed by atoms with E-state index in [0.29, 0.717) is 18.4 Å². The number of nitrogens with zero attached hydrogens (tertiary/aromatic N) is 1. The summed E-state index contributed by atoms with van der Waals surface area (Å²) in [7, 11) is 0. The smallest absolute Gasteiger partial charge is 0.222 e. The van der Waals surface area contributed by atoms with Crippen LogP contribution in [0.2, 0.25) is 0 Å². The minimum Gasteiger partial charge on any atom is -0.353 e. The Hall–Kier alpha value is -1.10. The molecule has 2 atom stereocenters. The maximum Gasteiger partial charge on any atom is 0.222 e. The summed E-state index contributed by atoms with van der Waals surface area (Å²) in [5.41, 5.74) is 6.00. The zero-order valence-electron chi connectivity index (χ0n) is 13.1. The number of nitrogens with one attached hydrogen (secondary N) is 1. The van der Waals surface area contributed by atoms with Crippen molar-refractivity contribution in [1.82, 2.24) is 10.2 Å². The highest BCUT2D eigenvalue weighted by Gasteiger charge is 2.25. The van der Waals surface area contributed by atoms with Crippen molar-refractivity contribution < 1.29 is 9.59 Å². The lowest BCUT2D eigenvalue weighted by molar-refractivity contribution is -0.132. The first-order valence-electron chi connectivity index (χ1n) is 8.35. The highest BCUT2D eigenvalue weighted by Crippen LogP contribution is 2.27. The van der Waals surface area contributed by atoms with Crippen molar-refractivity contribution >= 4 is 11.8 Å². The van der Waals surface area contributed by atoms with Crippen molar-refractivity contribution in [2.24, 2.45) is 11.7 Å². The summed E-state index contributed by atoms with van der Waals surface area (Å²) in [6.07, 6.45) is 8.05. The molecule has 0 radical (unpaired) electrons. The fraction of sp³-hybridized carbons (Fsp3) is 0.875. The molecule has 2 amide bonds. The highest BCUT2D eigenvalue weighted by atomic mass is 16.2. The van der Waals surface area contributed by atoms with Crippen LogP contribution in [0.15, 0.2) is 0 Å². The lowest BCUT2D eigenvalue weighted by Gasteiger charge is -2.33. The zero-order valence-corrected chi connectivity index (χ0v) is 13.1. The second kappa shape index (κ2) is 7.78. The predicted octanol–water partition coefficient (Wildman–Crippen LogP) is 1.41. The van der Waals surface area contributed by atoms with Crippen LogP contribution in [0.4, 0.5) is 0 Å². The maximum atomic E-state index is 12.3. The van der Waals surface area contributed by atoms with Crippen LogP contribution in [0.25, 0.3) is 0 Å². The number of likely N-dealkylation sites (tertiary alicyclic amines) is 1. The molecule has 21 heavy (non-hydrogen) atoms. The minimum atomic E-state index is 0.0217. The average molecular weight is 295 g/mol. The minimum absolute atomic E-state index is 0.0217. The molecule has 120 valence electrons. The summed E-state index contributed by atoms with van der Waals surface area (Å²) < 4.78 is 0. The van der Waals surface area contributed by atoms with Crippen molar-refractivity contribution in [3.8, 4) is 0 Å². The van der Waals surface area contributed by atoms with Crippen LogP contribution in [0.3, 0.4) is 0 Å². The van der Waals surface area contributed by atoms with E-state index in [1.807, 2.05) is 4.90 Å². The Morgan fingerprint density at radius 2 is 1.90 bits per heavy atom. The van der Waals surface area contributed by atoms with E-state index in [1.54, 1.807) is 6.92 Å². The van der Waals surface area contributed by atoms with Gasteiger partial charge in [0.1, 0.15) is 0 Å². The van der Waals surface area contributed by atoms with Crippen molar-refractivity contribution in [2.75, 3.05) is 13.1 Å². The standard InChI is InChI=1S/C16H29N3O2/c1-12(20)18-15-7-9-19(10-8-15)16(21)6-5-13-3-2-4-14(17)11-13/h13-15H,2-11,17H2,1H3,(H,18,20). The lowest BCUT2D eigenvalue weighted by Crippen LogP contribution is -2.46. The third-order valence-corrected chi connectivity index (χ3v) is 4.84. The molecule has 5 nitrogen and oxygen atoms in total. The monoisotopic (exact) mass is 295 g/mol. The molecule has 1 aliphatic heterocycles. The molecule has 1 aliphatic carbocycles. The Labute approximate surface area is 127 Å². The molecule has 2 rings (SSSR count). The first-order chi connectivity index (χ1) is 10.0. The number of amides is 2. The van der Waals surface area contributed by atoms with E-state index < -0.39 is 0 Å². The summed E-state index contributed by atoms with van der Waals surface area (Å²) in [4.78, 5) is 25.2. The third-order valence-electron chi connectivity index (χ3n) is 4.84. The van der Waals surface area contributed by atoms with Gasteiger partial charge < -0.3 is 16.0 Å². The Balaban J connectivity index is 1.66. The van der Waals surface area contributed by atoms with Gasteiger partial charge in [-0.3, -0.25) is 9.59 Å². The van der Waals surface area contributed by atoms with Gasteiger partial charge in [-0.2, -0.15) is 0 Å². The molecular formula is C16H29N3O2. The summed E-state index contributed by atoms with van der Waals surface area (Å²) in [5.74, 6) is 0.929. The first kappa shape index (κ1) is 16.3. The number of hydrogen-bond donors (Lipinski definition) is 2. The molecule has 0 aromatic rings. The largest absolute Gasteiger partial charge is 0.353 e. The summed E-state index contributed by atoms with van der Waals surface area (Å²) >= 11 is 0. The number of carbonyl (C=O) groups excluding carboxylic acids is 2. The first-order valence-corrected chi connectivity index (χ1v) is 8.35. The van der Waals surface area contributed by atoms with Gasteiger partial charge in [0, 0.05) is 38.5 Å². The van der Waals surface area contributed by atoms with Crippen LogP contribution in [0.1, 0.15) is 58.3 Å². The molecule has 0 aromatic heterocycles. The van der Waals surface area contributed by atoms with Gasteiger partial charge in [-0.1, -0.05) is 12.8 Å². The van der Waals surface area contributed by atoms with Gasteiger partial charge >= 0.3 is 0 Å². The van der Waals surface area contributed by atoms with Crippen LogP contribution >= 0.6 is 0 Å². The predicted molar refractivity (Wildman–Crippen MR) is 82.6 cm³/mol. The van der Waals surface area contributed by atoms with Gasteiger partial charge in [-0.05, 0) is 38.0 Å². The van der Waals surface area contributed by atoms with Gasteiger partial charge in [-0.15, -0.1) is 0 Å².